The zero-order chi connectivity index (χ0) is 25.5. The summed E-state index contributed by atoms with van der Waals surface area (Å²) < 4.78 is 0.729. The number of halogens is 1. The van der Waals surface area contributed by atoms with Crippen LogP contribution >= 0.6 is 15.9 Å². The molecule has 1 fully saturated rings. The highest BCUT2D eigenvalue weighted by Gasteiger charge is 2.24. The summed E-state index contributed by atoms with van der Waals surface area (Å²) in [6.45, 7) is 6.57. The minimum absolute atomic E-state index is 0.109. The maximum atomic E-state index is 13.2. The Balaban J connectivity index is 1.51. The Hall–Kier alpha value is -3.12. The topological polar surface area (TPSA) is 61.4 Å². The molecule has 1 aliphatic rings. The first-order chi connectivity index (χ1) is 17.4. The Bertz CT molecular complexity index is 1190. The van der Waals surface area contributed by atoms with Gasteiger partial charge in [0.05, 0.1) is 11.1 Å². The summed E-state index contributed by atoms with van der Waals surface area (Å²) in [4.78, 5) is 28.4. The van der Waals surface area contributed by atoms with Gasteiger partial charge in [-0.3, -0.25) is 9.59 Å². The predicted molar refractivity (Wildman–Crippen MR) is 151 cm³/mol. The van der Waals surface area contributed by atoms with Crippen LogP contribution in [0.2, 0.25) is 0 Å². The van der Waals surface area contributed by atoms with Gasteiger partial charge in [0.2, 0.25) is 0 Å². The van der Waals surface area contributed by atoms with Gasteiger partial charge in [-0.25, -0.2) is 0 Å². The van der Waals surface area contributed by atoms with Crippen molar-refractivity contribution in [3.05, 3.63) is 94.0 Å². The molecule has 36 heavy (non-hydrogen) atoms. The number of benzene rings is 3. The van der Waals surface area contributed by atoms with Gasteiger partial charge in [-0.15, -0.1) is 0 Å². The largest absolute Gasteiger partial charge is 0.371 e. The SMILES string of the molecule is CC(C)CNC(=O)c1cc(NC(=O)c2ccccc2Br)ccc1N1CCC(Cc2ccccc2)CC1. The average molecular weight is 549 g/mol. The summed E-state index contributed by atoms with van der Waals surface area (Å²) >= 11 is 3.44. The minimum Gasteiger partial charge on any atom is -0.371 e. The number of amides is 2. The number of anilines is 2. The van der Waals surface area contributed by atoms with E-state index in [-0.39, 0.29) is 11.8 Å². The molecule has 2 N–H and O–H groups in total. The Morgan fingerprint density at radius 1 is 0.917 bits per heavy atom. The van der Waals surface area contributed by atoms with Gasteiger partial charge in [-0.1, -0.05) is 56.3 Å². The van der Waals surface area contributed by atoms with Crippen LogP contribution in [-0.2, 0) is 6.42 Å². The highest BCUT2D eigenvalue weighted by molar-refractivity contribution is 9.10. The van der Waals surface area contributed by atoms with Crippen molar-refractivity contribution in [2.24, 2.45) is 11.8 Å². The second-order valence-corrected chi connectivity index (χ2v) is 10.7. The molecule has 6 heteroatoms. The monoisotopic (exact) mass is 547 g/mol. The van der Waals surface area contributed by atoms with Crippen LogP contribution in [0.25, 0.3) is 0 Å². The van der Waals surface area contributed by atoms with Gasteiger partial charge in [0.25, 0.3) is 11.8 Å². The Labute approximate surface area is 222 Å². The summed E-state index contributed by atoms with van der Waals surface area (Å²) in [5.41, 5.74) is 4.06. The summed E-state index contributed by atoms with van der Waals surface area (Å²) in [6.07, 6.45) is 3.27. The number of piperidine rings is 1. The number of carbonyl (C=O) groups is 2. The van der Waals surface area contributed by atoms with E-state index in [1.165, 1.54) is 5.56 Å². The molecule has 188 valence electrons. The van der Waals surface area contributed by atoms with Crippen LogP contribution in [0.1, 0.15) is 53.0 Å². The van der Waals surface area contributed by atoms with Crippen molar-refractivity contribution >= 4 is 39.1 Å². The third kappa shape index (κ3) is 6.76. The van der Waals surface area contributed by atoms with E-state index in [0.717, 1.165) is 42.5 Å². The van der Waals surface area contributed by atoms with Crippen molar-refractivity contribution in [2.45, 2.75) is 33.1 Å². The molecule has 1 heterocycles. The maximum Gasteiger partial charge on any atom is 0.256 e. The summed E-state index contributed by atoms with van der Waals surface area (Å²) in [7, 11) is 0. The molecule has 0 saturated carbocycles. The zero-order valence-electron chi connectivity index (χ0n) is 21.0. The fourth-order valence-electron chi connectivity index (χ4n) is 4.63. The first-order valence-electron chi connectivity index (χ1n) is 12.7. The number of nitrogens with zero attached hydrogens (tertiary/aromatic N) is 1. The molecule has 0 bridgehead atoms. The van der Waals surface area contributed by atoms with Crippen LogP contribution in [0.3, 0.4) is 0 Å². The van der Waals surface area contributed by atoms with Gasteiger partial charge < -0.3 is 15.5 Å². The van der Waals surface area contributed by atoms with Crippen LogP contribution in [0.4, 0.5) is 11.4 Å². The zero-order valence-corrected chi connectivity index (χ0v) is 22.6. The lowest BCUT2D eigenvalue weighted by atomic mass is 9.89. The Morgan fingerprint density at radius 2 is 1.61 bits per heavy atom. The smallest absolute Gasteiger partial charge is 0.256 e. The molecule has 0 aliphatic carbocycles. The number of carbonyl (C=O) groups excluding carboxylic acids is 2. The quantitative estimate of drug-likeness (QED) is 0.336. The van der Waals surface area contributed by atoms with Crippen molar-refractivity contribution < 1.29 is 9.59 Å². The van der Waals surface area contributed by atoms with E-state index in [9.17, 15) is 9.59 Å². The lowest BCUT2D eigenvalue weighted by Crippen LogP contribution is -2.36. The number of rotatable bonds is 8. The molecule has 1 saturated heterocycles. The fraction of sp³-hybridized carbons (Fsp3) is 0.333. The molecule has 2 amide bonds. The molecule has 0 spiro atoms. The highest BCUT2D eigenvalue weighted by Crippen LogP contribution is 2.30. The third-order valence-electron chi connectivity index (χ3n) is 6.61. The number of nitrogens with one attached hydrogen (secondary N) is 2. The number of hydrogen-bond acceptors (Lipinski definition) is 3. The highest BCUT2D eigenvalue weighted by atomic mass is 79.9. The van der Waals surface area contributed by atoms with Gasteiger partial charge in [0, 0.05) is 35.5 Å². The lowest BCUT2D eigenvalue weighted by molar-refractivity contribution is 0.0948. The first-order valence-corrected chi connectivity index (χ1v) is 13.5. The normalized spacial score (nSPS) is 14.1. The second kappa shape index (κ2) is 12.2. The van der Waals surface area contributed by atoms with E-state index >= 15 is 0 Å². The van der Waals surface area contributed by atoms with Crippen LogP contribution in [-0.4, -0.2) is 31.4 Å². The fourth-order valence-corrected chi connectivity index (χ4v) is 5.10. The van der Waals surface area contributed by atoms with Gasteiger partial charge >= 0.3 is 0 Å². The van der Waals surface area contributed by atoms with E-state index < -0.39 is 0 Å². The van der Waals surface area contributed by atoms with E-state index in [0.29, 0.717) is 35.2 Å². The molecule has 3 aromatic carbocycles. The van der Waals surface area contributed by atoms with Crippen LogP contribution < -0.4 is 15.5 Å². The average Bonchev–Trinajstić information content (AvgIpc) is 2.88. The van der Waals surface area contributed by atoms with E-state index in [1.807, 2.05) is 30.3 Å². The second-order valence-electron chi connectivity index (χ2n) is 9.89. The van der Waals surface area contributed by atoms with Gasteiger partial charge in [0.15, 0.2) is 0 Å². The van der Waals surface area contributed by atoms with Crippen molar-refractivity contribution in [1.29, 1.82) is 0 Å². The molecule has 0 unspecified atom stereocenters. The molecule has 0 atom stereocenters. The molecule has 0 aromatic heterocycles. The summed E-state index contributed by atoms with van der Waals surface area (Å²) in [5, 5.41) is 6.01. The molecular formula is C30H34BrN3O2. The molecule has 3 aromatic rings. The van der Waals surface area contributed by atoms with E-state index in [2.05, 4.69) is 75.6 Å². The lowest BCUT2D eigenvalue weighted by Gasteiger charge is -2.35. The van der Waals surface area contributed by atoms with Gasteiger partial charge in [-0.05, 0) is 82.9 Å². The van der Waals surface area contributed by atoms with Crippen molar-refractivity contribution in [2.75, 3.05) is 29.9 Å². The van der Waals surface area contributed by atoms with Gasteiger partial charge in [-0.2, -0.15) is 0 Å². The predicted octanol–water partition coefficient (Wildman–Crippen LogP) is 6.55. The Kier molecular flexibility index (Phi) is 8.81. The van der Waals surface area contributed by atoms with E-state index in [1.54, 1.807) is 12.1 Å². The van der Waals surface area contributed by atoms with Crippen LogP contribution in [0, 0.1) is 11.8 Å². The third-order valence-corrected chi connectivity index (χ3v) is 7.30. The van der Waals surface area contributed by atoms with Crippen LogP contribution in [0.5, 0.6) is 0 Å². The summed E-state index contributed by atoms with van der Waals surface area (Å²) in [5.74, 6) is 0.668. The van der Waals surface area contributed by atoms with Crippen LogP contribution in [0.15, 0.2) is 77.3 Å². The molecule has 0 radical (unpaired) electrons. The molecule has 4 rings (SSSR count). The first kappa shape index (κ1) is 26.0. The standard InChI is InChI=1S/C30H34BrN3O2/c1-21(2)20-32-29(35)26-19-24(33-30(36)25-10-6-7-11-27(25)31)12-13-28(26)34-16-14-23(15-17-34)18-22-8-4-3-5-9-22/h3-13,19,21,23H,14-18,20H2,1-2H3,(H,32,35)(H,33,36). The minimum atomic E-state index is -0.217. The van der Waals surface area contributed by atoms with Gasteiger partial charge in [0.1, 0.15) is 0 Å². The summed E-state index contributed by atoms with van der Waals surface area (Å²) in [6, 6.07) is 23.6. The molecular weight excluding hydrogens is 514 g/mol. The van der Waals surface area contributed by atoms with Crippen molar-refractivity contribution in [3.8, 4) is 0 Å². The molecule has 5 nitrogen and oxygen atoms in total. The van der Waals surface area contributed by atoms with Crippen molar-refractivity contribution in [1.82, 2.24) is 5.32 Å². The van der Waals surface area contributed by atoms with E-state index in [4.69, 9.17) is 0 Å². The molecule has 1 aliphatic heterocycles. The maximum absolute atomic E-state index is 13.2. The Morgan fingerprint density at radius 3 is 2.31 bits per heavy atom. The number of hydrogen-bond donors (Lipinski definition) is 2. The van der Waals surface area contributed by atoms with Crippen molar-refractivity contribution in [3.63, 3.8) is 0 Å².